The van der Waals surface area contributed by atoms with Gasteiger partial charge in [0.25, 0.3) is 0 Å². The number of benzene rings is 2. The van der Waals surface area contributed by atoms with Gasteiger partial charge in [-0.25, -0.2) is 0 Å². The van der Waals surface area contributed by atoms with E-state index in [2.05, 4.69) is 34.4 Å². The number of hydrogen-bond acceptors (Lipinski definition) is 1. The standard InChI is InChI=1S/C14H8OTe2/c15-12-7-11-13-10(5-6-16-13)8-3-1-2-4-9(8)14(11)17-12/h1-7,15H. The van der Waals surface area contributed by atoms with Crippen LogP contribution in [-0.4, -0.2) is 46.0 Å². The summed E-state index contributed by atoms with van der Waals surface area (Å²) in [6.45, 7) is 0. The average molecular weight is 447 g/mol. The normalized spacial score (nSPS) is 11.8. The van der Waals surface area contributed by atoms with Gasteiger partial charge >= 0.3 is 119 Å². The molecule has 2 aromatic heterocycles. The summed E-state index contributed by atoms with van der Waals surface area (Å²) in [7, 11) is 0. The van der Waals surface area contributed by atoms with Crippen LogP contribution in [0.1, 0.15) is 0 Å². The molecule has 0 saturated heterocycles. The van der Waals surface area contributed by atoms with Crippen molar-refractivity contribution in [2.24, 2.45) is 0 Å². The summed E-state index contributed by atoms with van der Waals surface area (Å²) in [5.74, 6) is 0. The molecule has 0 amide bonds. The topological polar surface area (TPSA) is 20.2 Å². The molecular formula is C14H8OTe2. The molecule has 3 heteroatoms. The predicted molar refractivity (Wildman–Crippen MR) is 74.5 cm³/mol. The number of rotatable bonds is 0. The zero-order valence-corrected chi connectivity index (χ0v) is 13.5. The Morgan fingerprint density at radius 1 is 0.824 bits per heavy atom. The molecule has 82 valence electrons. The van der Waals surface area contributed by atoms with Crippen LogP contribution in [-0.2, 0) is 0 Å². The monoisotopic (exact) mass is 452 g/mol. The molecule has 0 radical (unpaired) electrons. The van der Waals surface area contributed by atoms with Crippen molar-refractivity contribution in [1.29, 1.82) is 0 Å². The fourth-order valence-electron chi connectivity index (χ4n) is 2.39. The molecule has 4 aromatic rings. The quantitative estimate of drug-likeness (QED) is 0.411. The molecule has 0 unspecified atom stereocenters. The molecule has 17 heavy (non-hydrogen) atoms. The Morgan fingerprint density at radius 2 is 1.59 bits per heavy atom. The van der Waals surface area contributed by atoms with Crippen LogP contribution < -0.4 is 0 Å². The minimum absolute atomic E-state index is 0.175. The van der Waals surface area contributed by atoms with Crippen molar-refractivity contribution in [1.82, 2.24) is 0 Å². The van der Waals surface area contributed by atoms with Gasteiger partial charge in [-0.15, -0.1) is 0 Å². The Labute approximate surface area is 118 Å². The summed E-state index contributed by atoms with van der Waals surface area (Å²) < 4.78 is 5.99. The number of hydrogen-bond donors (Lipinski definition) is 1. The van der Waals surface area contributed by atoms with E-state index in [0.717, 1.165) is 0 Å². The third kappa shape index (κ3) is 1.44. The van der Waals surface area contributed by atoms with Crippen LogP contribution >= 0.6 is 0 Å². The van der Waals surface area contributed by atoms with E-state index < -0.39 is 20.4 Å². The van der Waals surface area contributed by atoms with Crippen LogP contribution in [0.2, 0.25) is 0 Å². The average Bonchev–Trinajstić information content (AvgIpc) is 2.94. The van der Waals surface area contributed by atoms with E-state index >= 15 is 0 Å². The molecule has 0 spiro atoms. The molecule has 0 fully saturated rings. The third-order valence-electron chi connectivity index (χ3n) is 3.09. The van der Waals surface area contributed by atoms with E-state index in [-0.39, 0.29) is 20.4 Å². The molecule has 0 aliphatic carbocycles. The second-order valence-electron chi connectivity index (χ2n) is 4.04. The Morgan fingerprint density at radius 3 is 2.47 bits per heavy atom. The molecule has 1 nitrogen and oxygen atoms in total. The second kappa shape index (κ2) is 3.77. The van der Waals surface area contributed by atoms with Crippen molar-refractivity contribution in [3.8, 4) is 3.77 Å². The molecule has 4 rings (SSSR count). The van der Waals surface area contributed by atoms with Gasteiger partial charge in [-0.2, -0.15) is 0 Å². The van der Waals surface area contributed by atoms with Crippen molar-refractivity contribution >= 4 is 69.2 Å². The van der Waals surface area contributed by atoms with Crippen molar-refractivity contribution in [2.45, 2.75) is 0 Å². The van der Waals surface area contributed by atoms with Gasteiger partial charge in [-0.3, -0.25) is 0 Å². The van der Waals surface area contributed by atoms with Gasteiger partial charge in [-0.05, 0) is 0 Å². The van der Waals surface area contributed by atoms with Crippen LogP contribution in [0.5, 0.6) is 3.77 Å². The van der Waals surface area contributed by atoms with Crippen LogP contribution in [0.4, 0.5) is 0 Å². The maximum atomic E-state index is 9.85. The minimum atomic E-state index is -0.531. The van der Waals surface area contributed by atoms with Gasteiger partial charge in [0.05, 0.1) is 0 Å². The summed E-state index contributed by atoms with van der Waals surface area (Å²) in [6.07, 6.45) is 0. The summed E-state index contributed by atoms with van der Waals surface area (Å²) in [5.41, 5.74) is 0. The molecule has 0 saturated carbocycles. The van der Waals surface area contributed by atoms with Crippen LogP contribution in [0.3, 0.4) is 0 Å². The molecule has 1 N–H and O–H groups in total. The fourth-order valence-corrected chi connectivity index (χ4v) is 8.38. The Kier molecular flexibility index (Phi) is 2.33. The Balaban J connectivity index is 2.47. The first kappa shape index (κ1) is 10.5. The fraction of sp³-hybridized carbons (Fsp3) is 0. The summed E-state index contributed by atoms with van der Waals surface area (Å²) in [5, 5.41) is 15.4. The molecule has 0 atom stereocenters. The zero-order chi connectivity index (χ0) is 11.4. The first-order valence-corrected chi connectivity index (χ1v) is 10.2. The molecule has 2 aromatic carbocycles. The Bertz CT molecular complexity index is 854. The first-order chi connectivity index (χ1) is 8.34. The maximum absolute atomic E-state index is 9.85. The second-order valence-corrected chi connectivity index (χ2v) is 9.59. The van der Waals surface area contributed by atoms with Gasteiger partial charge < -0.3 is 0 Å². The van der Waals surface area contributed by atoms with Crippen molar-refractivity contribution < 1.29 is 5.11 Å². The summed E-state index contributed by atoms with van der Waals surface area (Å²) in [4.78, 5) is 0. The van der Waals surface area contributed by atoms with Gasteiger partial charge in [0, 0.05) is 0 Å². The van der Waals surface area contributed by atoms with Crippen molar-refractivity contribution in [2.75, 3.05) is 0 Å². The van der Waals surface area contributed by atoms with Gasteiger partial charge in [0.15, 0.2) is 0 Å². The van der Waals surface area contributed by atoms with E-state index in [0.29, 0.717) is 3.77 Å². The van der Waals surface area contributed by atoms with Crippen molar-refractivity contribution in [3.63, 3.8) is 0 Å². The summed E-state index contributed by atoms with van der Waals surface area (Å²) >= 11 is -0.706. The zero-order valence-electron chi connectivity index (χ0n) is 8.81. The van der Waals surface area contributed by atoms with Crippen molar-refractivity contribution in [3.05, 3.63) is 40.5 Å². The van der Waals surface area contributed by atoms with E-state index in [1.165, 1.54) is 24.9 Å². The SMILES string of the molecule is Oc1cc2c3[te]ccc3c3ccccc3c2[te]1. The molecule has 0 bridgehead atoms. The third-order valence-corrected chi connectivity index (χ3v) is 8.57. The number of fused-ring (bicyclic) bond motifs is 6. The van der Waals surface area contributed by atoms with Gasteiger partial charge in [0.2, 0.25) is 0 Å². The Hall–Kier alpha value is -0.441. The van der Waals surface area contributed by atoms with Gasteiger partial charge in [-0.1, -0.05) is 0 Å². The van der Waals surface area contributed by atoms with E-state index in [1.807, 2.05) is 6.07 Å². The predicted octanol–water partition coefficient (Wildman–Crippen LogP) is 2.97. The summed E-state index contributed by atoms with van der Waals surface area (Å²) in [6, 6.07) is 13.0. The molecule has 2 heterocycles. The van der Waals surface area contributed by atoms with Crippen LogP contribution in [0.25, 0.3) is 28.3 Å². The first-order valence-electron chi connectivity index (χ1n) is 5.35. The van der Waals surface area contributed by atoms with Gasteiger partial charge in [0.1, 0.15) is 0 Å². The van der Waals surface area contributed by atoms with Crippen LogP contribution in [0, 0.1) is 0 Å². The van der Waals surface area contributed by atoms with E-state index in [9.17, 15) is 5.11 Å². The number of aromatic hydroxyl groups is 1. The molecule has 0 aliphatic heterocycles. The molecular weight excluding hydrogens is 439 g/mol. The van der Waals surface area contributed by atoms with Crippen LogP contribution in [0.15, 0.2) is 40.5 Å². The van der Waals surface area contributed by atoms with E-state index in [4.69, 9.17) is 0 Å². The molecule has 0 aliphatic rings. The van der Waals surface area contributed by atoms with E-state index in [1.54, 1.807) is 3.40 Å².